The number of hydrogen-bond acceptors (Lipinski definition) is 8. The van der Waals surface area contributed by atoms with Crippen molar-refractivity contribution < 1.29 is 155 Å². The maximum atomic E-state index is 8.52. The summed E-state index contributed by atoms with van der Waals surface area (Å²) in [6, 6.07) is 0. The molecular formula is CoK2O8S2-2. The van der Waals surface area contributed by atoms with Gasteiger partial charge in [-0.25, -0.2) is 0 Å². The zero-order chi connectivity index (χ0) is 9.00. The van der Waals surface area contributed by atoms with Crippen molar-refractivity contribution in [2.75, 3.05) is 0 Å². The predicted octanol–water partition coefficient (Wildman–Crippen LogP) is -8.67. The largest absolute Gasteiger partial charge is 1.00 e. The Kier molecular flexibility index (Phi) is 31.3. The molecule has 0 rings (SSSR count). The molecule has 0 aromatic rings. The molecule has 0 saturated heterocycles. The van der Waals surface area contributed by atoms with Crippen LogP contribution >= 0.6 is 0 Å². The molecule has 1 radical (unpaired) electrons. The molecule has 8 nitrogen and oxygen atoms in total. The molecule has 0 heterocycles. The molecule has 0 unspecified atom stereocenters. The average molecular weight is 329 g/mol. The van der Waals surface area contributed by atoms with Crippen molar-refractivity contribution in [2.45, 2.75) is 0 Å². The van der Waals surface area contributed by atoms with Gasteiger partial charge >= 0.3 is 103 Å². The Morgan fingerprint density at radius 1 is 0.615 bits per heavy atom. The van der Waals surface area contributed by atoms with Crippen LogP contribution in [-0.2, 0) is 37.6 Å². The summed E-state index contributed by atoms with van der Waals surface area (Å²) >= 11 is 0. The first kappa shape index (κ1) is 30.0. The molecular weight excluding hydrogens is 329 g/mol. The molecule has 0 aliphatic heterocycles. The first-order chi connectivity index (χ1) is 4.00. The zero-order valence-corrected chi connectivity index (χ0v) is 15.3. The van der Waals surface area contributed by atoms with Crippen LogP contribution in [0.25, 0.3) is 0 Å². The first-order valence-electron chi connectivity index (χ1n) is 1.33. The van der Waals surface area contributed by atoms with Gasteiger partial charge in [-0.1, -0.05) is 0 Å². The van der Waals surface area contributed by atoms with E-state index in [9.17, 15) is 0 Å². The third kappa shape index (κ3) is 229. The van der Waals surface area contributed by atoms with E-state index in [2.05, 4.69) is 0 Å². The molecule has 0 saturated carbocycles. The van der Waals surface area contributed by atoms with E-state index >= 15 is 0 Å². The van der Waals surface area contributed by atoms with Crippen molar-refractivity contribution in [3.05, 3.63) is 0 Å². The summed E-state index contributed by atoms with van der Waals surface area (Å²) in [6.45, 7) is 0. The maximum Gasteiger partial charge on any atom is 1.00 e. The third-order valence-corrected chi connectivity index (χ3v) is 0. The van der Waals surface area contributed by atoms with Crippen molar-refractivity contribution in [2.24, 2.45) is 0 Å². The van der Waals surface area contributed by atoms with Crippen LogP contribution in [0, 0.1) is 0 Å². The van der Waals surface area contributed by atoms with E-state index in [1.165, 1.54) is 0 Å². The fourth-order valence-electron chi connectivity index (χ4n) is 0. The summed E-state index contributed by atoms with van der Waals surface area (Å²) in [5, 5.41) is 0. The molecule has 13 heavy (non-hydrogen) atoms. The van der Waals surface area contributed by atoms with Gasteiger partial charge < -0.3 is 18.2 Å². The Morgan fingerprint density at radius 3 is 0.615 bits per heavy atom. The Morgan fingerprint density at radius 2 is 0.615 bits per heavy atom. The van der Waals surface area contributed by atoms with Gasteiger partial charge in [-0.3, -0.25) is 16.8 Å². The van der Waals surface area contributed by atoms with Gasteiger partial charge in [0.15, 0.2) is 0 Å². The first-order valence-corrected chi connectivity index (χ1v) is 4.00. The maximum absolute atomic E-state index is 8.52. The molecule has 0 aromatic heterocycles. The molecule has 0 spiro atoms. The van der Waals surface area contributed by atoms with Gasteiger partial charge in [-0.15, -0.1) is 0 Å². The summed E-state index contributed by atoms with van der Waals surface area (Å²) in [5.41, 5.74) is 0. The van der Waals surface area contributed by atoms with Gasteiger partial charge in [0.25, 0.3) is 0 Å². The molecule has 0 aromatic carbocycles. The van der Waals surface area contributed by atoms with Crippen LogP contribution in [0.15, 0.2) is 0 Å². The molecule has 0 aliphatic rings. The summed E-state index contributed by atoms with van der Waals surface area (Å²) in [7, 11) is -10.3. The minimum atomic E-state index is -5.17. The van der Waals surface area contributed by atoms with Crippen LogP contribution in [0.5, 0.6) is 0 Å². The van der Waals surface area contributed by atoms with E-state index in [4.69, 9.17) is 35.0 Å². The normalized spacial score (nSPS) is 8.92. The minimum Gasteiger partial charge on any atom is -0.759 e. The standard InChI is InChI=1S/Co.2K.2H2O4S/c;;;2*1-5(2,3)4/h;;;2*(H2,1,2,3,4)/q;2*+1;;/p-4. The number of rotatable bonds is 0. The Hall–Kier alpha value is 3.52. The van der Waals surface area contributed by atoms with Crippen molar-refractivity contribution in [1.29, 1.82) is 0 Å². The summed E-state index contributed by atoms with van der Waals surface area (Å²) in [5.74, 6) is 0. The van der Waals surface area contributed by atoms with Crippen LogP contribution in [0.3, 0.4) is 0 Å². The van der Waals surface area contributed by atoms with E-state index in [1.54, 1.807) is 0 Å². The molecule has 13 heteroatoms. The summed E-state index contributed by atoms with van der Waals surface area (Å²) in [6.07, 6.45) is 0. The molecule has 0 amide bonds. The van der Waals surface area contributed by atoms with E-state index in [1.807, 2.05) is 0 Å². The zero-order valence-electron chi connectivity index (χ0n) is 6.42. The van der Waals surface area contributed by atoms with Crippen molar-refractivity contribution >= 4 is 20.8 Å². The van der Waals surface area contributed by atoms with Crippen LogP contribution in [0.1, 0.15) is 0 Å². The minimum absolute atomic E-state index is 0. The van der Waals surface area contributed by atoms with Gasteiger partial charge in [-0.05, 0) is 0 Å². The SMILES string of the molecule is O=S(=O)([O-])[O-].O=S(=O)([O-])[O-].[Co].[K+].[K+]. The smallest absolute Gasteiger partial charge is 0.759 e. The number of hydrogen-bond donors (Lipinski definition) is 0. The summed E-state index contributed by atoms with van der Waals surface area (Å²) < 4.78 is 68.2. The topological polar surface area (TPSA) is 161 Å². The summed E-state index contributed by atoms with van der Waals surface area (Å²) in [4.78, 5) is 0. The Labute approximate surface area is 171 Å². The Bertz CT molecular complexity index is 217. The van der Waals surface area contributed by atoms with Crippen LogP contribution < -0.4 is 103 Å². The quantitative estimate of drug-likeness (QED) is 0.240. The predicted molar refractivity (Wildman–Crippen MR) is 20.9 cm³/mol. The van der Waals surface area contributed by atoms with Crippen LogP contribution in [0.2, 0.25) is 0 Å². The van der Waals surface area contributed by atoms with E-state index in [0.29, 0.717) is 0 Å². The molecule has 0 N–H and O–H groups in total. The molecule has 0 atom stereocenters. The fraction of sp³-hybridized carbons (Fsp3) is 0. The van der Waals surface area contributed by atoms with Gasteiger partial charge in [-0.2, -0.15) is 0 Å². The van der Waals surface area contributed by atoms with Gasteiger partial charge in [0, 0.05) is 37.6 Å². The second-order valence-corrected chi connectivity index (χ2v) is 2.45. The van der Waals surface area contributed by atoms with Gasteiger partial charge in [0.05, 0.1) is 0 Å². The Balaban J connectivity index is -0.0000000267. The molecule has 0 fully saturated rings. The fourth-order valence-corrected chi connectivity index (χ4v) is 0. The van der Waals surface area contributed by atoms with Gasteiger partial charge in [0.2, 0.25) is 0 Å². The second-order valence-electron chi connectivity index (χ2n) is 0.816. The van der Waals surface area contributed by atoms with E-state index in [-0.39, 0.29) is 120 Å². The van der Waals surface area contributed by atoms with E-state index in [0.717, 1.165) is 0 Å². The molecule has 0 aliphatic carbocycles. The third-order valence-electron chi connectivity index (χ3n) is 0. The van der Waals surface area contributed by atoms with Crippen LogP contribution in [-0.4, -0.2) is 35.0 Å². The van der Waals surface area contributed by atoms with E-state index < -0.39 is 20.8 Å². The van der Waals surface area contributed by atoms with Crippen LogP contribution in [0.4, 0.5) is 0 Å². The average Bonchev–Trinajstić information content (AvgIpc) is 1.12. The van der Waals surface area contributed by atoms with Gasteiger partial charge in [0.1, 0.15) is 0 Å². The molecule has 0 bridgehead atoms. The van der Waals surface area contributed by atoms with Crippen molar-refractivity contribution in [3.8, 4) is 0 Å². The van der Waals surface area contributed by atoms with Crippen molar-refractivity contribution in [3.63, 3.8) is 0 Å². The second kappa shape index (κ2) is 13.6. The monoisotopic (exact) mass is 329 g/mol. The van der Waals surface area contributed by atoms with Crippen molar-refractivity contribution in [1.82, 2.24) is 0 Å². The molecule has 73 valence electrons.